The molecule has 0 saturated carbocycles. The Hall–Kier alpha value is -1.20. The van der Waals surface area contributed by atoms with Crippen molar-refractivity contribution >= 4 is 11.3 Å². The van der Waals surface area contributed by atoms with E-state index in [2.05, 4.69) is 41.0 Å². The molecule has 2 aromatic rings. The molecular formula is C16H21NO2S. The molecule has 2 rings (SSSR count). The van der Waals surface area contributed by atoms with E-state index in [0.717, 1.165) is 19.7 Å². The minimum absolute atomic E-state index is 0.658. The van der Waals surface area contributed by atoms with Crippen molar-refractivity contribution in [2.45, 2.75) is 6.54 Å². The molecule has 0 radical (unpaired) electrons. The molecule has 0 saturated heterocycles. The van der Waals surface area contributed by atoms with Crippen LogP contribution in [-0.2, 0) is 16.0 Å². The van der Waals surface area contributed by atoms with Gasteiger partial charge in [-0.2, -0.15) is 0 Å². The fraction of sp³-hybridized carbons (Fsp3) is 0.375. The molecule has 0 unspecified atom stereocenters. The summed E-state index contributed by atoms with van der Waals surface area (Å²) in [4.78, 5) is 1.35. The Balaban J connectivity index is 1.69. The monoisotopic (exact) mass is 291 g/mol. The number of hydrogen-bond donors (Lipinski definition) is 1. The van der Waals surface area contributed by atoms with Crippen LogP contribution in [0.3, 0.4) is 0 Å². The van der Waals surface area contributed by atoms with Crippen molar-refractivity contribution in [3.8, 4) is 11.1 Å². The molecule has 0 amide bonds. The van der Waals surface area contributed by atoms with Gasteiger partial charge in [0, 0.05) is 25.1 Å². The van der Waals surface area contributed by atoms with Gasteiger partial charge in [-0.3, -0.25) is 0 Å². The van der Waals surface area contributed by atoms with E-state index in [-0.39, 0.29) is 0 Å². The lowest BCUT2D eigenvalue weighted by atomic mass is 10.1. The predicted molar refractivity (Wildman–Crippen MR) is 84.2 cm³/mol. The molecule has 0 atom stereocenters. The standard InChI is InChI=1S/C16H21NO2S/c1-18-9-10-19-8-7-17-12-16-11-15(13-20-16)14-5-3-2-4-6-14/h2-6,11,13,17H,7-10,12H2,1H3. The van der Waals surface area contributed by atoms with Crippen molar-refractivity contribution in [3.63, 3.8) is 0 Å². The van der Waals surface area contributed by atoms with Crippen molar-refractivity contribution in [2.75, 3.05) is 33.5 Å². The van der Waals surface area contributed by atoms with E-state index >= 15 is 0 Å². The third kappa shape index (κ3) is 5.06. The third-order valence-electron chi connectivity index (χ3n) is 2.92. The number of rotatable bonds is 9. The van der Waals surface area contributed by atoms with Gasteiger partial charge in [0.25, 0.3) is 0 Å². The summed E-state index contributed by atoms with van der Waals surface area (Å²) in [6.45, 7) is 3.80. The average molecular weight is 291 g/mol. The molecule has 1 aromatic carbocycles. The maximum atomic E-state index is 5.40. The molecule has 4 heteroatoms. The highest BCUT2D eigenvalue weighted by atomic mass is 32.1. The molecule has 0 aliphatic rings. The normalized spacial score (nSPS) is 10.8. The zero-order chi connectivity index (χ0) is 14.0. The van der Waals surface area contributed by atoms with E-state index in [9.17, 15) is 0 Å². The highest BCUT2D eigenvalue weighted by molar-refractivity contribution is 7.10. The van der Waals surface area contributed by atoms with Crippen LogP contribution in [0, 0.1) is 0 Å². The van der Waals surface area contributed by atoms with Gasteiger partial charge in [0.1, 0.15) is 0 Å². The second-order valence-electron chi connectivity index (χ2n) is 4.45. The Bertz CT molecular complexity index is 484. The van der Waals surface area contributed by atoms with Crippen LogP contribution in [0.2, 0.25) is 0 Å². The molecule has 1 aromatic heterocycles. The lowest BCUT2D eigenvalue weighted by molar-refractivity contribution is 0.0719. The maximum Gasteiger partial charge on any atom is 0.0700 e. The maximum absolute atomic E-state index is 5.40. The Morgan fingerprint density at radius 1 is 1.05 bits per heavy atom. The lowest BCUT2D eigenvalue weighted by Gasteiger charge is -2.04. The van der Waals surface area contributed by atoms with Gasteiger partial charge in [-0.25, -0.2) is 0 Å². The molecular weight excluding hydrogens is 270 g/mol. The van der Waals surface area contributed by atoms with E-state index in [4.69, 9.17) is 9.47 Å². The number of benzene rings is 1. The van der Waals surface area contributed by atoms with Gasteiger partial charge in [0.2, 0.25) is 0 Å². The van der Waals surface area contributed by atoms with Crippen LogP contribution in [0.4, 0.5) is 0 Å². The van der Waals surface area contributed by atoms with Crippen molar-refractivity contribution in [3.05, 3.63) is 46.7 Å². The molecule has 1 N–H and O–H groups in total. The molecule has 0 spiro atoms. The van der Waals surface area contributed by atoms with Crippen molar-refractivity contribution in [1.82, 2.24) is 5.32 Å². The Morgan fingerprint density at radius 3 is 2.70 bits per heavy atom. The van der Waals surface area contributed by atoms with Crippen molar-refractivity contribution in [2.24, 2.45) is 0 Å². The number of methoxy groups -OCH3 is 1. The van der Waals surface area contributed by atoms with Gasteiger partial charge in [-0.15, -0.1) is 11.3 Å². The SMILES string of the molecule is COCCOCCNCc1cc(-c2ccccc2)cs1. The van der Waals surface area contributed by atoms with Gasteiger partial charge in [0.15, 0.2) is 0 Å². The zero-order valence-electron chi connectivity index (χ0n) is 11.8. The number of ether oxygens (including phenoxy) is 2. The van der Waals surface area contributed by atoms with Crippen LogP contribution < -0.4 is 5.32 Å². The van der Waals surface area contributed by atoms with Crippen LogP contribution >= 0.6 is 11.3 Å². The number of nitrogens with one attached hydrogen (secondary N) is 1. The molecule has 0 aliphatic carbocycles. The summed E-state index contributed by atoms with van der Waals surface area (Å²) in [6, 6.07) is 12.7. The van der Waals surface area contributed by atoms with Gasteiger partial charge in [0.05, 0.1) is 19.8 Å². The predicted octanol–water partition coefficient (Wildman–Crippen LogP) is 3.17. The van der Waals surface area contributed by atoms with Gasteiger partial charge in [-0.05, 0) is 22.6 Å². The van der Waals surface area contributed by atoms with E-state index in [1.807, 2.05) is 6.07 Å². The van der Waals surface area contributed by atoms with Crippen LogP contribution in [-0.4, -0.2) is 33.5 Å². The van der Waals surface area contributed by atoms with Gasteiger partial charge in [-0.1, -0.05) is 30.3 Å². The molecule has 3 nitrogen and oxygen atoms in total. The summed E-state index contributed by atoms with van der Waals surface area (Å²) >= 11 is 1.79. The summed E-state index contributed by atoms with van der Waals surface area (Å²) < 4.78 is 10.3. The Morgan fingerprint density at radius 2 is 1.90 bits per heavy atom. The van der Waals surface area contributed by atoms with Crippen LogP contribution in [0.25, 0.3) is 11.1 Å². The summed E-state index contributed by atoms with van der Waals surface area (Å²) in [6.07, 6.45) is 0. The quantitative estimate of drug-likeness (QED) is 0.720. The van der Waals surface area contributed by atoms with E-state index in [1.165, 1.54) is 16.0 Å². The first-order chi connectivity index (χ1) is 9.90. The minimum Gasteiger partial charge on any atom is -0.382 e. The fourth-order valence-electron chi connectivity index (χ4n) is 1.86. The highest BCUT2D eigenvalue weighted by Gasteiger charge is 2.01. The van der Waals surface area contributed by atoms with Crippen LogP contribution in [0.15, 0.2) is 41.8 Å². The smallest absolute Gasteiger partial charge is 0.0700 e. The fourth-order valence-corrected chi connectivity index (χ4v) is 2.72. The van der Waals surface area contributed by atoms with E-state index < -0.39 is 0 Å². The molecule has 20 heavy (non-hydrogen) atoms. The molecule has 0 fully saturated rings. The zero-order valence-corrected chi connectivity index (χ0v) is 12.6. The largest absolute Gasteiger partial charge is 0.382 e. The number of hydrogen-bond acceptors (Lipinski definition) is 4. The molecule has 0 bridgehead atoms. The van der Waals surface area contributed by atoms with E-state index in [0.29, 0.717) is 13.2 Å². The lowest BCUT2D eigenvalue weighted by Crippen LogP contribution is -2.19. The second-order valence-corrected chi connectivity index (χ2v) is 5.45. The summed E-state index contributed by atoms with van der Waals surface area (Å²) in [5.41, 5.74) is 2.57. The van der Waals surface area contributed by atoms with Gasteiger partial charge < -0.3 is 14.8 Å². The third-order valence-corrected chi connectivity index (χ3v) is 3.85. The van der Waals surface area contributed by atoms with Crippen molar-refractivity contribution < 1.29 is 9.47 Å². The minimum atomic E-state index is 0.658. The molecule has 0 aliphatic heterocycles. The van der Waals surface area contributed by atoms with Crippen LogP contribution in [0.1, 0.15) is 4.88 Å². The summed E-state index contributed by atoms with van der Waals surface area (Å²) in [5, 5.41) is 5.60. The molecule has 108 valence electrons. The second kappa shape index (κ2) is 8.87. The number of thiophene rings is 1. The Labute approximate surface area is 124 Å². The van der Waals surface area contributed by atoms with E-state index in [1.54, 1.807) is 18.4 Å². The topological polar surface area (TPSA) is 30.5 Å². The first-order valence-electron chi connectivity index (χ1n) is 6.80. The average Bonchev–Trinajstić information content (AvgIpc) is 2.96. The summed E-state index contributed by atoms with van der Waals surface area (Å²) in [5.74, 6) is 0. The Kier molecular flexibility index (Phi) is 6.74. The first kappa shape index (κ1) is 15.2. The first-order valence-corrected chi connectivity index (χ1v) is 7.68. The summed E-state index contributed by atoms with van der Waals surface area (Å²) in [7, 11) is 1.68. The van der Waals surface area contributed by atoms with Crippen LogP contribution in [0.5, 0.6) is 0 Å². The van der Waals surface area contributed by atoms with Crippen molar-refractivity contribution in [1.29, 1.82) is 0 Å². The highest BCUT2D eigenvalue weighted by Crippen LogP contribution is 2.25. The molecule has 1 heterocycles. The van der Waals surface area contributed by atoms with Gasteiger partial charge >= 0.3 is 0 Å².